The van der Waals surface area contributed by atoms with Gasteiger partial charge in [-0.2, -0.15) is 0 Å². The fraction of sp³-hybridized carbons (Fsp3) is 0.200. The van der Waals surface area contributed by atoms with E-state index in [0.29, 0.717) is 5.69 Å². The predicted octanol–water partition coefficient (Wildman–Crippen LogP) is 2.01. The molecule has 0 spiro atoms. The van der Waals surface area contributed by atoms with Crippen LogP contribution in [0.15, 0.2) is 41.3 Å². The number of pyridine rings is 1. The number of amides is 1. The summed E-state index contributed by atoms with van der Waals surface area (Å²) in [6.07, 6.45) is 1.06. The van der Waals surface area contributed by atoms with Crippen LogP contribution in [0.1, 0.15) is 11.1 Å². The lowest BCUT2D eigenvalue weighted by Crippen LogP contribution is -2.27. The molecular formula is C15H15N3O4. The molecule has 1 aromatic carbocycles. The van der Waals surface area contributed by atoms with Gasteiger partial charge in [0.25, 0.3) is 11.2 Å². The standard InChI is InChI=1S/C15H15N3O4/c1-10-3-4-12(7-11(10)2)16-14(19)9-17-8-13(18(21)22)5-6-15(17)20/h3-8H,9H2,1-2H3,(H,16,19). The van der Waals surface area contributed by atoms with E-state index in [4.69, 9.17) is 0 Å². The SMILES string of the molecule is Cc1ccc(NC(=O)Cn2cc([N+](=O)[O-])ccc2=O)cc1C. The highest BCUT2D eigenvalue weighted by Gasteiger charge is 2.11. The molecule has 2 aromatic rings. The zero-order chi connectivity index (χ0) is 16.3. The summed E-state index contributed by atoms with van der Waals surface area (Å²) >= 11 is 0. The number of nitro groups is 1. The summed E-state index contributed by atoms with van der Waals surface area (Å²) in [5, 5.41) is 13.4. The van der Waals surface area contributed by atoms with E-state index < -0.39 is 16.4 Å². The van der Waals surface area contributed by atoms with E-state index in [0.717, 1.165) is 34.0 Å². The number of nitrogens with one attached hydrogen (secondary N) is 1. The van der Waals surface area contributed by atoms with Crippen LogP contribution in [0.4, 0.5) is 11.4 Å². The van der Waals surface area contributed by atoms with Crippen molar-refractivity contribution in [2.45, 2.75) is 20.4 Å². The van der Waals surface area contributed by atoms with Gasteiger partial charge in [-0.05, 0) is 37.1 Å². The number of aryl methyl sites for hydroxylation is 2. The number of carbonyl (C=O) groups excluding carboxylic acids is 1. The van der Waals surface area contributed by atoms with Crippen molar-refractivity contribution in [1.29, 1.82) is 0 Å². The fourth-order valence-electron chi connectivity index (χ4n) is 1.92. The summed E-state index contributed by atoms with van der Waals surface area (Å²) in [7, 11) is 0. The second kappa shape index (κ2) is 6.21. The van der Waals surface area contributed by atoms with Crippen LogP contribution in [0.3, 0.4) is 0 Å². The molecule has 0 aliphatic rings. The summed E-state index contributed by atoms with van der Waals surface area (Å²) < 4.78 is 1.01. The number of rotatable bonds is 4. The molecular weight excluding hydrogens is 286 g/mol. The summed E-state index contributed by atoms with van der Waals surface area (Å²) in [5.41, 5.74) is 2.05. The Kier molecular flexibility index (Phi) is 4.36. The topological polar surface area (TPSA) is 94.2 Å². The maximum atomic E-state index is 12.0. The molecule has 1 heterocycles. The molecule has 0 aliphatic carbocycles. The van der Waals surface area contributed by atoms with E-state index >= 15 is 0 Å². The molecule has 114 valence electrons. The molecule has 7 heteroatoms. The van der Waals surface area contributed by atoms with Crippen molar-refractivity contribution in [1.82, 2.24) is 4.57 Å². The number of nitrogens with zero attached hydrogens (tertiary/aromatic N) is 2. The van der Waals surface area contributed by atoms with Crippen molar-refractivity contribution in [2.75, 3.05) is 5.32 Å². The summed E-state index contributed by atoms with van der Waals surface area (Å²) in [4.78, 5) is 33.7. The molecule has 2 rings (SSSR count). The molecule has 0 fully saturated rings. The Morgan fingerprint density at radius 1 is 1.23 bits per heavy atom. The first kappa shape index (κ1) is 15.4. The third-order valence-electron chi connectivity index (χ3n) is 3.28. The molecule has 0 aliphatic heterocycles. The van der Waals surface area contributed by atoms with Crippen molar-refractivity contribution >= 4 is 17.3 Å². The molecule has 0 atom stereocenters. The van der Waals surface area contributed by atoms with Gasteiger partial charge in [0.05, 0.1) is 11.1 Å². The number of benzene rings is 1. The van der Waals surface area contributed by atoms with Crippen LogP contribution in [0.5, 0.6) is 0 Å². The highest BCUT2D eigenvalue weighted by Crippen LogP contribution is 2.14. The van der Waals surface area contributed by atoms with Crippen molar-refractivity contribution in [3.8, 4) is 0 Å². The second-order valence-corrected chi connectivity index (χ2v) is 4.96. The molecule has 0 radical (unpaired) electrons. The highest BCUT2D eigenvalue weighted by atomic mass is 16.6. The van der Waals surface area contributed by atoms with Crippen molar-refractivity contribution in [3.05, 3.63) is 68.1 Å². The molecule has 0 bridgehead atoms. The third kappa shape index (κ3) is 3.57. The maximum absolute atomic E-state index is 12.0. The lowest BCUT2D eigenvalue weighted by atomic mass is 10.1. The summed E-state index contributed by atoms with van der Waals surface area (Å²) in [6, 6.07) is 7.64. The molecule has 0 saturated carbocycles. The van der Waals surface area contributed by atoms with Crippen LogP contribution in [0, 0.1) is 24.0 Å². The van der Waals surface area contributed by atoms with E-state index in [9.17, 15) is 19.7 Å². The molecule has 22 heavy (non-hydrogen) atoms. The minimum atomic E-state index is -0.614. The Hall–Kier alpha value is -2.96. The Bertz CT molecular complexity index is 796. The first-order chi connectivity index (χ1) is 10.4. The van der Waals surface area contributed by atoms with Gasteiger partial charge in [-0.1, -0.05) is 6.07 Å². The number of hydrogen-bond donors (Lipinski definition) is 1. The van der Waals surface area contributed by atoms with Crippen LogP contribution in [0.2, 0.25) is 0 Å². The highest BCUT2D eigenvalue weighted by molar-refractivity contribution is 5.90. The van der Waals surface area contributed by atoms with Gasteiger partial charge in [0.15, 0.2) is 0 Å². The largest absolute Gasteiger partial charge is 0.325 e. The number of anilines is 1. The fourth-order valence-corrected chi connectivity index (χ4v) is 1.92. The van der Waals surface area contributed by atoms with Crippen LogP contribution < -0.4 is 10.9 Å². The van der Waals surface area contributed by atoms with Gasteiger partial charge in [0.1, 0.15) is 6.54 Å². The molecule has 0 unspecified atom stereocenters. The van der Waals surface area contributed by atoms with Gasteiger partial charge in [-0.15, -0.1) is 0 Å². The molecule has 1 amide bonds. The first-order valence-corrected chi connectivity index (χ1v) is 6.59. The monoisotopic (exact) mass is 301 g/mol. The summed E-state index contributed by atoms with van der Waals surface area (Å²) in [6.45, 7) is 3.60. The number of carbonyl (C=O) groups is 1. The van der Waals surface area contributed by atoms with Crippen LogP contribution >= 0.6 is 0 Å². The Morgan fingerprint density at radius 3 is 2.59 bits per heavy atom. The van der Waals surface area contributed by atoms with Gasteiger partial charge in [0, 0.05) is 17.8 Å². The normalized spacial score (nSPS) is 10.3. The molecule has 1 N–H and O–H groups in total. The summed E-state index contributed by atoms with van der Waals surface area (Å²) in [5.74, 6) is -0.425. The lowest BCUT2D eigenvalue weighted by Gasteiger charge is -2.09. The van der Waals surface area contributed by atoms with Crippen molar-refractivity contribution < 1.29 is 9.72 Å². The quantitative estimate of drug-likeness (QED) is 0.690. The van der Waals surface area contributed by atoms with Gasteiger partial charge in [-0.25, -0.2) is 0 Å². The molecule has 1 aromatic heterocycles. The van der Waals surface area contributed by atoms with E-state index in [2.05, 4.69) is 5.32 Å². The average Bonchev–Trinajstić information content (AvgIpc) is 2.45. The number of aromatic nitrogens is 1. The second-order valence-electron chi connectivity index (χ2n) is 4.96. The molecule has 7 nitrogen and oxygen atoms in total. The van der Waals surface area contributed by atoms with Gasteiger partial charge < -0.3 is 5.32 Å². The minimum Gasteiger partial charge on any atom is -0.325 e. The maximum Gasteiger partial charge on any atom is 0.285 e. The van der Waals surface area contributed by atoms with Crippen molar-refractivity contribution in [2.24, 2.45) is 0 Å². The van der Waals surface area contributed by atoms with Crippen LogP contribution in [-0.4, -0.2) is 15.4 Å². The lowest BCUT2D eigenvalue weighted by molar-refractivity contribution is -0.385. The Balaban J connectivity index is 2.15. The van der Waals surface area contributed by atoms with E-state index in [1.165, 1.54) is 0 Å². The van der Waals surface area contributed by atoms with Crippen LogP contribution in [0.25, 0.3) is 0 Å². The zero-order valence-corrected chi connectivity index (χ0v) is 12.2. The van der Waals surface area contributed by atoms with E-state index in [1.807, 2.05) is 26.0 Å². The smallest absolute Gasteiger partial charge is 0.285 e. The third-order valence-corrected chi connectivity index (χ3v) is 3.28. The molecule has 0 saturated heterocycles. The van der Waals surface area contributed by atoms with E-state index in [1.54, 1.807) is 6.07 Å². The minimum absolute atomic E-state index is 0.237. The van der Waals surface area contributed by atoms with Crippen molar-refractivity contribution in [3.63, 3.8) is 0 Å². The Morgan fingerprint density at radius 2 is 1.95 bits per heavy atom. The first-order valence-electron chi connectivity index (χ1n) is 6.59. The van der Waals surface area contributed by atoms with Crippen LogP contribution in [-0.2, 0) is 11.3 Å². The Labute approximate surface area is 126 Å². The van der Waals surface area contributed by atoms with Gasteiger partial charge >= 0.3 is 0 Å². The number of hydrogen-bond acceptors (Lipinski definition) is 4. The predicted molar refractivity (Wildman–Crippen MR) is 81.9 cm³/mol. The average molecular weight is 301 g/mol. The van der Waals surface area contributed by atoms with E-state index in [-0.39, 0.29) is 12.2 Å². The van der Waals surface area contributed by atoms with Gasteiger partial charge in [0.2, 0.25) is 5.91 Å². The zero-order valence-electron chi connectivity index (χ0n) is 12.2. The van der Waals surface area contributed by atoms with Gasteiger partial charge in [-0.3, -0.25) is 24.3 Å².